The molecule has 2 heterocycles. The SMILES string of the molecule is CCc1noc2nc(C)n(CC(=O)NCc3ccccc3Cl)c(=O)c12. The lowest BCUT2D eigenvalue weighted by atomic mass is 10.2. The molecule has 8 heteroatoms. The summed E-state index contributed by atoms with van der Waals surface area (Å²) in [6.07, 6.45) is 0.547. The first-order chi connectivity index (χ1) is 12.0. The van der Waals surface area contributed by atoms with Gasteiger partial charge < -0.3 is 9.84 Å². The van der Waals surface area contributed by atoms with Crippen LogP contribution in [0.1, 0.15) is 24.0 Å². The van der Waals surface area contributed by atoms with Gasteiger partial charge in [0, 0.05) is 11.6 Å². The third-order valence-corrected chi connectivity index (χ3v) is 4.30. The van der Waals surface area contributed by atoms with Gasteiger partial charge in [-0.25, -0.2) is 0 Å². The summed E-state index contributed by atoms with van der Waals surface area (Å²) in [5.74, 6) is 0.0879. The van der Waals surface area contributed by atoms with Gasteiger partial charge in [0.15, 0.2) is 0 Å². The molecule has 0 saturated heterocycles. The predicted molar refractivity (Wildman–Crippen MR) is 93.5 cm³/mol. The number of aryl methyl sites for hydroxylation is 2. The van der Waals surface area contributed by atoms with Crippen LogP contribution in [-0.2, 0) is 24.3 Å². The number of fused-ring (bicyclic) bond motifs is 1. The maximum Gasteiger partial charge on any atom is 0.267 e. The average Bonchev–Trinajstić information content (AvgIpc) is 3.00. The zero-order chi connectivity index (χ0) is 18.0. The van der Waals surface area contributed by atoms with Crippen molar-refractivity contribution in [1.29, 1.82) is 0 Å². The highest BCUT2D eigenvalue weighted by Crippen LogP contribution is 2.15. The van der Waals surface area contributed by atoms with E-state index in [9.17, 15) is 9.59 Å². The van der Waals surface area contributed by atoms with Gasteiger partial charge in [-0.15, -0.1) is 0 Å². The Morgan fingerprint density at radius 3 is 2.84 bits per heavy atom. The molecule has 2 aromatic heterocycles. The first-order valence-corrected chi connectivity index (χ1v) is 8.24. The van der Waals surface area contributed by atoms with Crippen LogP contribution < -0.4 is 10.9 Å². The summed E-state index contributed by atoms with van der Waals surface area (Å²) in [7, 11) is 0. The van der Waals surface area contributed by atoms with E-state index < -0.39 is 0 Å². The average molecular weight is 361 g/mol. The van der Waals surface area contributed by atoms with Gasteiger partial charge in [0.1, 0.15) is 17.8 Å². The molecule has 1 N–H and O–H groups in total. The van der Waals surface area contributed by atoms with Crippen molar-refractivity contribution in [2.24, 2.45) is 0 Å². The van der Waals surface area contributed by atoms with Crippen LogP contribution in [0.5, 0.6) is 0 Å². The normalized spacial score (nSPS) is 11.0. The lowest BCUT2D eigenvalue weighted by Gasteiger charge is -2.10. The molecule has 130 valence electrons. The Morgan fingerprint density at radius 2 is 2.12 bits per heavy atom. The molecule has 1 aromatic carbocycles. The van der Waals surface area contributed by atoms with Gasteiger partial charge in [-0.1, -0.05) is 41.9 Å². The van der Waals surface area contributed by atoms with E-state index in [-0.39, 0.29) is 30.3 Å². The van der Waals surface area contributed by atoms with Crippen molar-refractivity contribution in [3.63, 3.8) is 0 Å². The lowest BCUT2D eigenvalue weighted by molar-refractivity contribution is -0.121. The first-order valence-electron chi connectivity index (χ1n) is 7.87. The van der Waals surface area contributed by atoms with Gasteiger partial charge >= 0.3 is 0 Å². The Labute approximate surface area is 148 Å². The van der Waals surface area contributed by atoms with Gasteiger partial charge in [-0.05, 0) is 25.0 Å². The van der Waals surface area contributed by atoms with Gasteiger partial charge in [0.25, 0.3) is 11.3 Å². The minimum Gasteiger partial charge on any atom is -0.350 e. The van der Waals surface area contributed by atoms with E-state index in [1.807, 2.05) is 25.1 Å². The van der Waals surface area contributed by atoms with E-state index in [0.29, 0.717) is 28.3 Å². The molecule has 3 aromatic rings. The monoisotopic (exact) mass is 360 g/mol. The van der Waals surface area contributed by atoms with E-state index in [1.54, 1.807) is 13.0 Å². The highest BCUT2D eigenvalue weighted by Gasteiger charge is 2.17. The number of carbonyl (C=O) groups is 1. The van der Waals surface area contributed by atoms with Crippen molar-refractivity contribution in [2.45, 2.75) is 33.4 Å². The van der Waals surface area contributed by atoms with Crippen LogP contribution in [0.3, 0.4) is 0 Å². The molecule has 0 spiro atoms. The van der Waals surface area contributed by atoms with Crippen LogP contribution in [0.4, 0.5) is 0 Å². The van der Waals surface area contributed by atoms with Crippen molar-refractivity contribution in [1.82, 2.24) is 20.0 Å². The number of hydrogen-bond donors (Lipinski definition) is 1. The molecule has 0 saturated carbocycles. The second kappa shape index (κ2) is 7.06. The summed E-state index contributed by atoms with van der Waals surface area (Å²) in [4.78, 5) is 29.1. The number of rotatable bonds is 5. The third kappa shape index (κ3) is 3.41. The number of nitrogens with one attached hydrogen (secondary N) is 1. The predicted octanol–water partition coefficient (Wildman–Crippen LogP) is 2.23. The number of benzene rings is 1. The molecule has 25 heavy (non-hydrogen) atoms. The van der Waals surface area contributed by atoms with Crippen molar-refractivity contribution in [3.8, 4) is 0 Å². The molecule has 1 amide bonds. The second-order valence-corrected chi connectivity index (χ2v) is 5.99. The first kappa shape index (κ1) is 17.2. The highest BCUT2D eigenvalue weighted by molar-refractivity contribution is 6.31. The molecule has 0 aliphatic heterocycles. The Bertz CT molecular complexity index is 993. The maximum atomic E-state index is 12.7. The summed E-state index contributed by atoms with van der Waals surface area (Å²) < 4.78 is 6.41. The molecular formula is C17H17ClN4O3. The van der Waals surface area contributed by atoms with Crippen molar-refractivity contribution in [2.75, 3.05) is 0 Å². The summed E-state index contributed by atoms with van der Waals surface area (Å²) in [6.45, 7) is 3.68. The standard InChI is InChI=1S/C17H17ClN4O3/c1-3-13-15-16(25-21-13)20-10(2)22(17(15)24)9-14(23)19-8-11-6-4-5-7-12(11)18/h4-7H,3,8-9H2,1-2H3,(H,19,23). The summed E-state index contributed by atoms with van der Waals surface area (Å²) in [5, 5.41) is 7.52. The minimum atomic E-state index is -0.325. The van der Waals surface area contributed by atoms with Crippen molar-refractivity contribution < 1.29 is 9.32 Å². The van der Waals surface area contributed by atoms with Gasteiger partial charge in [0.05, 0.1) is 5.69 Å². The molecule has 0 radical (unpaired) electrons. The molecule has 0 fully saturated rings. The number of nitrogens with zero attached hydrogens (tertiary/aromatic N) is 3. The fourth-order valence-corrected chi connectivity index (χ4v) is 2.76. The quantitative estimate of drug-likeness (QED) is 0.753. The van der Waals surface area contributed by atoms with Crippen molar-refractivity contribution >= 4 is 28.6 Å². The lowest BCUT2D eigenvalue weighted by Crippen LogP contribution is -2.33. The number of aromatic nitrogens is 3. The zero-order valence-corrected chi connectivity index (χ0v) is 14.6. The number of halogens is 1. The fraction of sp³-hybridized carbons (Fsp3) is 0.294. The van der Waals surface area contributed by atoms with Crippen LogP contribution in [0.15, 0.2) is 33.6 Å². The summed E-state index contributed by atoms with van der Waals surface area (Å²) in [6, 6.07) is 7.26. The highest BCUT2D eigenvalue weighted by atomic mass is 35.5. The largest absolute Gasteiger partial charge is 0.350 e. The van der Waals surface area contributed by atoms with Crippen LogP contribution in [0, 0.1) is 6.92 Å². The topological polar surface area (TPSA) is 90.0 Å². The van der Waals surface area contributed by atoms with Crippen LogP contribution in [0.2, 0.25) is 5.02 Å². The minimum absolute atomic E-state index is 0.133. The molecule has 0 unspecified atom stereocenters. The van der Waals surface area contributed by atoms with E-state index in [2.05, 4.69) is 15.5 Å². The van der Waals surface area contributed by atoms with Crippen molar-refractivity contribution in [3.05, 3.63) is 56.7 Å². The van der Waals surface area contributed by atoms with Crippen LogP contribution in [0.25, 0.3) is 11.1 Å². The van der Waals surface area contributed by atoms with Crippen LogP contribution in [-0.4, -0.2) is 20.6 Å². The fourth-order valence-electron chi connectivity index (χ4n) is 2.56. The molecular weight excluding hydrogens is 344 g/mol. The molecule has 0 aliphatic rings. The van der Waals surface area contributed by atoms with Crippen LogP contribution >= 0.6 is 11.6 Å². The third-order valence-electron chi connectivity index (χ3n) is 3.93. The Hall–Kier alpha value is -2.67. The summed E-state index contributed by atoms with van der Waals surface area (Å²) >= 11 is 6.07. The number of carbonyl (C=O) groups excluding carboxylic acids is 1. The molecule has 3 rings (SSSR count). The Kier molecular flexibility index (Phi) is 4.85. The second-order valence-electron chi connectivity index (χ2n) is 5.58. The van der Waals surface area contributed by atoms with Gasteiger partial charge in [-0.3, -0.25) is 14.2 Å². The number of hydrogen-bond acceptors (Lipinski definition) is 5. The molecule has 0 atom stereocenters. The Morgan fingerprint density at radius 1 is 1.36 bits per heavy atom. The zero-order valence-electron chi connectivity index (χ0n) is 13.9. The van der Waals surface area contributed by atoms with E-state index in [4.69, 9.17) is 16.1 Å². The van der Waals surface area contributed by atoms with Gasteiger partial charge in [0.2, 0.25) is 5.91 Å². The Balaban J connectivity index is 1.81. The maximum absolute atomic E-state index is 12.7. The van der Waals surface area contributed by atoms with E-state index in [0.717, 1.165) is 5.56 Å². The van der Waals surface area contributed by atoms with E-state index >= 15 is 0 Å². The molecule has 0 aliphatic carbocycles. The smallest absolute Gasteiger partial charge is 0.267 e. The molecule has 0 bridgehead atoms. The summed E-state index contributed by atoms with van der Waals surface area (Å²) in [5.41, 5.74) is 1.22. The molecule has 7 nitrogen and oxygen atoms in total. The number of amides is 1. The van der Waals surface area contributed by atoms with E-state index in [1.165, 1.54) is 4.57 Å². The van der Waals surface area contributed by atoms with Gasteiger partial charge in [-0.2, -0.15) is 4.98 Å².